The van der Waals surface area contributed by atoms with Gasteiger partial charge in [-0.15, -0.1) is 5.10 Å². The third-order valence-corrected chi connectivity index (χ3v) is 2.74. The Balaban J connectivity index is 1.91. The van der Waals surface area contributed by atoms with E-state index < -0.39 is 0 Å². The summed E-state index contributed by atoms with van der Waals surface area (Å²) >= 11 is 0. The maximum Gasteiger partial charge on any atom is 0.295 e. The van der Waals surface area contributed by atoms with Gasteiger partial charge in [0, 0.05) is 19.2 Å². The van der Waals surface area contributed by atoms with Gasteiger partial charge in [-0.1, -0.05) is 6.92 Å². The van der Waals surface area contributed by atoms with Crippen LogP contribution in [0.2, 0.25) is 0 Å². The number of carbonyl (C=O) groups is 1. The van der Waals surface area contributed by atoms with Gasteiger partial charge in [0.1, 0.15) is 18.2 Å². The van der Waals surface area contributed by atoms with E-state index in [4.69, 9.17) is 9.47 Å². The van der Waals surface area contributed by atoms with Gasteiger partial charge in [0.25, 0.3) is 5.91 Å². The summed E-state index contributed by atoms with van der Waals surface area (Å²) in [5.74, 6) is 1.18. The number of amides is 1. The van der Waals surface area contributed by atoms with E-state index >= 15 is 0 Å². The number of carbonyl (C=O) groups excluding carboxylic acids is 1. The predicted octanol–water partition coefficient (Wildman–Crippen LogP) is 1.64. The zero-order valence-corrected chi connectivity index (χ0v) is 12.0. The van der Waals surface area contributed by atoms with Crippen molar-refractivity contribution in [3.05, 3.63) is 35.9 Å². The zero-order valence-electron chi connectivity index (χ0n) is 12.0. The van der Waals surface area contributed by atoms with Crippen LogP contribution in [0.1, 0.15) is 23.4 Å². The molecule has 0 saturated heterocycles. The number of ether oxygens (including phenoxy) is 2. The maximum atomic E-state index is 11.9. The summed E-state index contributed by atoms with van der Waals surface area (Å²) in [6.45, 7) is 2.95. The highest BCUT2D eigenvalue weighted by molar-refractivity contribution is 6.01. The average molecular weight is 290 g/mol. The van der Waals surface area contributed by atoms with Crippen LogP contribution >= 0.6 is 0 Å². The molecule has 2 rings (SSSR count). The number of H-pyrrole nitrogens is 1. The lowest BCUT2D eigenvalue weighted by Gasteiger charge is -2.07. The van der Waals surface area contributed by atoms with Crippen LogP contribution in [0.3, 0.4) is 0 Å². The highest BCUT2D eigenvalue weighted by atomic mass is 16.5. The molecule has 0 aliphatic rings. The average Bonchev–Trinajstić information content (AvgIpc) is 2.98. The molecular formula is C14H18N4O3. The van der Waals surface area contributed by atoms with Gasteiger partial charge in [0.15, 0.2) is 0 Å². The molecule has 0 bridgehead atoms. The number of nitrogens with zero attached hydrogens (tertiary/aromatic N) is 2. The minimum absolute atomic E-state index is 0.132. The fourth-order valence-corrected chi connectivity index (χ4v) is 1.62. The van der Waals surface area contributed by atoms with Crippen LogP contribution < -0.4 is 10.1 Å². The first kappa shape index (κ1) is 15.0. The number of benzene rings is 1. The predicted molar refractivity (Wildman–Crippen MR) is 77.5 cm³/mol. The first-order valence-corrected chi connectivity index (χ1v) is 6.67. The molecule has 1 heterocycles. The molecule has 1 amide bonds. The lowest BCUT2D eigenvalue weighted by Crippen LogP contribution is -2.13. The van der Waals surface area contributed by atoms with E-state index in [-0.39, 0.29) is 11.7 Å². The molecule has 0 unspecified atom stereocenters. The molecular weight excluding hydrogens is 272 g/mol. The molecule has 0 spiro atoms. The van der Waals surface area contributed by atoms with Crippen LogP contribution in [0.15, 0.2) is 24.3 Å². The molecule has 21 heavy (non-hydrogen) atoms. The summed E-state index contributed by atoms with van der Waals surface area (Å²) in [5, 5.41) is 9.30. The first-order chi connectivity index (χ1) is 10.2. The number of anilines is 1. The summed E-state index contributed by atoms with van der Waals surface area (Å²) in [6.07, 6.45) is 0.702. The monoisotopic (exact) mass is 290 g/mol. The Hall–Kier alpha value is -2.41. The maximum absolute atomic E-state index is 11.9. The summed E-state index contributed by atoms with van der Waals surface area (Å²) in [7, 11) is 1.62. The van der Waals surface area contributed by atoms with Crippen molar-refractivity contribution in [3.8, 4) is 5.75 Å². The number of aromatic amines is 1. The van der Waals surface area contributed by atoms with Crippen LogP contribution in [0.4, 0.5) is 5.69 Å². The topological polar surface area (TPSA) is 89.1 Å². The van der Waals surface area contributed by atoms with Crippen molar-refractivity contribution in [1.82, 2.24) is 15.2 Å². The highest BCUT2D eigenvalue weighted by Crippen LogP contribution is 2.16. The van der Waals surface area contributed by atoms with E-state index in [1.54, 1.807) is 31.4 Å². The number of hydrogen-bond acceptors (Lipinski definition) is 5. The first-order valence-electron chi connectivity index (χ1n) is 6.67. The quantitative estimate of drug-likeness (QED) is 0.757. The Bertz CT molecular complexity index is 580. The molecule has 7 heteroatoms. The van der Waals surface area contributed by atoms with E-state index in [0.717, 1.165) is 5.75 Å². The Labute approximate surface area is 122 Å². The van der Waals surface area contributed by atoms with Crippen molar-refractivity contribution in [1.29, 1.82) is 0 Å². The largest absolute Gasteiger partial charge is 0.491 e. The standard InChI is InChI=1S/C14H18N4O3/c1-3-12-16-13(18-17-12)14(19)15-10-4-6-11(7-5-10)21-9-8-20-2/h4-7H,3,8-9H2,1-2H3,(H,15,19)(H,16,17,18). The van der Waals surface area contributed by atoms with Crippen molar-refractivity contribution in [2.75, 3.05) is 25.6 Å². The summed E-state index contributed by atoms with van der Waals surface area (Å²) in [6, 6.07) is 7.07. The van der Waals surface area contributed by atoms with Gasteiger partial charge >= 0.3 is 0 Å². The molecule has 2 aromatic rings. The normalized spacial score (nSPS) is 10.4. The Kier molecular flexibility index (Phi) is 5.28. The van der Waals surface area contributed by atoms with Crippen LogP contribution in [-0.2, 0) is 11.2 Å². The summed E-state index contributed by atoms with van der Waals surface area (Å²) < 4.78 is 10.3. The van der Waals surface area contributed by atoms with E-state index in [1.165, 1.54) is 0 Å². The van der Waals surface area contributed by atoms with Crippen LogP contribution in [-0.4, -0.2) is 41.4 Å². The molecule has 0 radical (unpaired) electrons. The third-order valence-electron chi connectivity index (χ3n) is 2.74. The minimum Gasteiger partial charge on any atom is -0.491 e. The molecule has 2 N–H and O–H groups in total. The zero-order chi connectivity index (χ0) is 15.1. The molecule has 112 valence electrons. The second kappa shape index (κ2) is 7.39. The molecule has 0 saturated carbocycles. The number of nitrogens with one attached hydrogen (secondary N) is 2. The minimum atomic E-state index is -0.348. The van der Waals surface area contributed by atoms with Gasteiger partial charge in [-0.2, -0.15) is 0 Å². The smallest absolute Gasteiger partial charge is 0.295 e. The fourth-order valence-electron chi connectivity index (χ4n) is 1.62. The van der Waals surface area contributed by atoms with Gasteiger partial charge in [0.2, 0.25) is 5.82 Å². The summed E-state index contributed by atoms with van der Waals surface area (Å²) in [5.41, 5.74) is 0.655. The fraction of sp³-hybridized carbons (Fsp3) is 0.357. The highest BCUT2D eigenvalue weighted by Gasteiger charge is 2.11. The van der Waals surface area contributed by atoms with Gasteiger partial charge < -0.3 is 14.8 Å². The van der Waals surface area contributed by atoms with Gasteiger partial charge in [-0.3, -0.25) is 9.89 Å². The van der Waals surface area contributed by atoms with Crippen molar-refractivity contribution < 1.29 is 14.3 Å². The Morgan fingerprint density at radius 1 is 1.29 bits per heavy atom. The van der Waals surface area contributed by atoms with Crippen molar-refractivity contribution in [2.24, 2.45) is 0 Å². The van der Waals surface area contributed by atoms with Gasteiger partial charge in [-0.05, 0) is 24.3 Å². The van der Waals surface area contributed by atoms with Crippen LogP contribution in [0, 0.1) is 0 Å². The van der Waals surface area contributed by atoms with Crippen molar-refractivity contribution >= 4 is 11.6 Å². The molecule has 0 atom stereocenters. The molecule has 0 fully saturated rings. The second-order valence-corrected chi connectivity index (χ2v) is 4.28. The molecule has 0 aliphatic carbocycles. The number of hydrogen-bond donors (Lipinski definition) is 2. The van der Waals surface area contributed by atoms with Crippen LogP contribution in [0.5, 0.6) is 5.75 Å². The number of methoxy groups -OCH3 is 1. The molecule has 7 nitrogen and oxygen atoms in total. The van der Waals surface area contributed by atoms with Crippen molar-refractivity contribution in [2.45, 2.75) is 13.3 Å². The van der Waals surface area contributed by atoms with E-state index in [2.05, 4.69) is 20.5 Å². The lowest BCUT2D eigenvalue weighted by atomic mass is 10.3. The van der Waals surface area contributed by atoms with E-state index in [0.29, 0.717) is 31.1 Å². The molecule has 1 aromatic heterocycles. The summed E-state index contributed by atoms with van der Waals surface area (Å²) in [4.78, 5) is 16.0. The second-order valence-electron chi connectivity index (χ2n) is 4.28. The lowest BCUT2D eigenvalue weighted by molar-refractivity contribution is 0.101. The third kappa shape index (κ3) is 4.28. The SMILES string of the molecule is CCc1nc(C(=O)Nc2ccc(OCCOC)cc2)n[nH]1. The number of rotatable bonds is 7. The molecule has 1 aromatic carbocycles. The van der Waals surface area contributed by atoms with Crippen molar-refractivity contribution in [3.63, 3.8) is 0 Å². The number of aromatic nitrogens is 3. The van der Waals surface area contributed by atoms with E-state index in [9.17, 15) is 4.79 Å². The van der Waals surface area contributed by atoms with Gasteiger partial charge in [-0.25, -0.2) is 4.98 Å². The van der Waals surface area contributed by atoms with Gasteiger partial charge in [0.05, 0.1) is 6.61 Å². The van der Waals surface area contributed by atoms with E-state index in [1.807, 2.05) is 6.92 Å². The Morgan fingerprint density at radius 3 is 2.67 bits per heavy atom. The number of aryl methyl sites for hydroxylation is 1. The Morgan fingerprint density at radius 2 is 2.05 bits per heavy atom. The molecule has 0 aliphatic heterocycles. The van der Waals surface area contributed by atoms with Crippen LogP contribution in [0.25, 0.3) is 0 Å².